The van der Waals surface area contributed by atoms with Crippen LogP contribution in [0.2, 0.25) is 0 Å². The molecule has 1 amide bonds. The van der Waals surface area contributed by atoms with Crippen LogP contribution in [0.3, 0.4) is 0 Å². The molecule has 1 aromatic heterocycles. The Bertz CT molecular complexity index is 507. The van der Waals surface area contributed by atoms with Crippen LogP contribution in [0.15, 0.2) is 36.8 Å². The highest BCUT2D eigenvalue weighted by molar-refractivity contribution is 5.90. The lowest BCUT2D eigenvalue weighted by Crippen LogP contribution is -2.11. The van der Waals surface area contributed by atoms with Gasteiger partial charge >= 0.3 is 0 Å². The number of amides is 1. The van der Waals surface area contributed by atoms with Crippen molar-refractivity contribution in [3.63, 3.8) is 0 Å². The van der Waals surface area contributed by atoms with E-state index in [-0.39, 0.29) is 11.5 Å². The van der Waals surface area contributed by atoms with E-state index in [0.717, 1.165) is 0 Å². The molecule has 76 valence electrons. The van der Waals surface area contributed by atoms with E-state index < -0.39 is 5.91 Å². The van der Waals surface area contributed by atoms with Crippen LogP contribution in [0.5, 0.6) is 0 Å². The summed E-state index contributed by atoms with van der Waals surface area (Å²) >= 11 is 0. The Morgan fingerprint density at radius 1 is 1.40 bits per heavy atom. The van der Waals surface area contributed by atoms with Crippen LogP contribution in [0, 0.1) is 5.82 Å². The van der Waals surface area contributed by atoms with Crippen molar-refractivity contribution >= 4 is 5.91 Å². The smallest absolute Gasteiger partial charge is 0.268 e. The lowest BCUT2D eigenvalue weighted by Gasteiger charge is -2.01. The number of carbonyl (C=O) groups is 1. The van der Waals surface area contributed by atoms with Crippen LogP contribution in [-0.4, -0.2) is 15.5 Å². The normalized spacial score (nSPS) is 10.2. The van der Waals surface area contributed by atoms with Crippen LogP contribution < -0.4 is 5.73 Å². The van der Waals surface area contributed by atoms with Gasteiger partial charge in [0.1, 0.15) is 17.8 Å². The summed E-state index contributed by atoms with van der Waals surface area (Å²) in [5.74, 6) is -1.02. The highest BCUT2D eigenvalue weighted by Crippen LogP contribution is 2.12. The Labute approximate surface area is 85.2 Å². The Kier molecular flexibility index (Phi) is 2.21. The number of carbonyl (C=O) groups excluding carboxylic acids is 1. The number of benzene rings is 1. The van der Waals surface area contributed by atoms with Gasteiger partial charge in [0.15, 0.2) is 0 Å². The van der Waals surface area contributed by atoms with E-state index in [2.05, 4.69) is 4.98 Å². The van der Waals surface area contributed by atoms with Crippen molar-refractivity contribution in [1.29, 1.82) is 0 Å². The molecule has 2 aromatic rings. The first-order valence-electron chi connectivity index (χ1n) is 4.27. The number of halogens is 1. The van der Waals surface area contributed by atoms with Crippen molar-refractivity contribution in [1.82, 2.24) is 9.55 Å². The Hall–Kier alpha value is -2.17. The average molecular weight is 205 g/mol. The number of nitrogens with zero attached hydrogens (tertiary/aromatic N) is 2. The molecule has 15 heavy (non-hydrogen) atoms. The maximum atomic E-state index is 13.3. The van der Waals surface area contributed by atoms with Crippen molar-refractivity contribution in [2.45, 2.75) is 0 Å². The molecular formula is C10H8FN3O. The average Bonchev–Trinajstić information content (AvgIpc) is 2.67. The molecule has 0 unspecified atom stereocenters. The molecule has 2 N–H and O–H groups in total. The molecule has 0 bridgehead atoms. The number of para-hydroxylation sites is 1. The summed E-state index contributed by atoms with van der Waals surface area (Å²) in [6.45, 7) is 0. The third-order valence-corrected chi connectivity index (χ3v) is 1.97. The zero-order chi connectivity index (χ0) is 10.8. The van der Waals surface area contributed by atoms with Crippen molar-refractivity contribution < 1.29 is 9.18 Å². The van der Waals surface area contributed by atoms with E-state index in [1.807, 2.05) is 0 Å². The fourth-order valence-electron chi connectivity index (χ4n) is 1.24. The Morgan fingerprint density at radius 3 is 2.73 bits per heavy atom. The maximum absolute atomic E-state index is 13.3. The van der Waals surface area contributed by atoms with Gasteiger partial charge in [-0.25, -0.2) is 9.37 Å². The van der Waals surface area contributed by atoms with Crippen molar-refractivity contribution in [3.8, 4) is 5.69 Å². The molecule has 0 spiro atoms. The summed E-state index contributed by atoms with van der Waals surface area (Å²) in [6, 6.07) is 6.20. The van der Waals surface area contributed by atoms with Gasteiger partial charge in [-0.2, -0.15) is 0 Å². The van der Waals surface area contributed by atoms with Crippen LogP contribution in [-0.2, 0) is 0 Å². The Balaban J connectivity index is 2.46. The minimum Gasteiger partial charge on any atom is -0.364 e. The van der Waals surface area contributed by atoms with Gasteiger partial charge in [0.2, 0.25) is 0 Å². The molecule has 0 saturated carbocycles. The number of hydrogen-bond donors (Lipinski definition) is 1. The van der Waals surface area contributed by atoms with E-state index >= 15 is 0 Å². The van der Waals surface area contributed by atoms with Gasteiger partial charge in [0.05, 0.1) is 5.69 Å². The number of imidazole rings is 1. The number of nitrogens with two attached hydrogens (primary N) is 1. The second kappa shape index (κ2) is 3.53. The summed E-state index contributed by atoms with van der Waals surface area (Å²) in [5, 5.41) is 0. The van der Waals surface area contributed by atoms with Gasteiger partial charge < -0.3 is 10.3 Å². The first-order chi connectivity index (χ1) is 7.18. The molecule has 0 saturated heterocycles. The highest BCUT2D eigenvalue weighted by Gasteiger charge is 2.07. The van der Waals surface area contributed by atoms with E-state index in [1.54, 1.807) is 18.2 Å². The molecule has 4 nitrogen and oxygen atoms in total. The molecule has 1 heterocycles. The van der Waals surface area contributed by atoms with E-state index in [1.165, 1.54) is 23.2 Å². The minimum absolute atomic E-state index is 0.109. The summed E-state index contributed by atoms with van der Waals surface area (Å²) in [7, 11) is 0. The lowest BCUT2D eigenvalue weighted by atomic mass is 10.3. The quantitative estimate of drug-likeness (QED) is 0.798. The predicted molar refractivity (Wildman–Crippen MR) is 52.0 cm³/mol. The minimum atomic E-state index is -0.634. The zero-order valence-electron chi connectivity index (χ0n) is 7.72. The predicted octanol–water partition coefficient (Wildman–Crippen LogP) is 1.11. The Morgan fingerprint density at radius 2 is 2.13 bits per heavy atom. The number of aromatic nitrogens is 2. The molecule has 0 radical (unpaired) electrons. The lowest BCUT2D eigenvalue weighted by molar-refractivity contribution is 0.0996. The van der Waals surface area contributed by atoms with Crippen LogP contribution in [0.4, 0.5) is 4.39 Å². The van der Waals surface area contributed by atoms with Gasteiger partial charge in [0.25, 0.3) is 5.91 Å². The van der Waals surface area contributed by atoms with Gasteiger partial charge in [-0.3, -0.25) is 4.79 Å². The summed E-state index contributed by atoms with van der Waals surface area (Å²) < 4.78 is 14.7. The third kappa shape index (κ3) is 1.71. The summed E-state index contributed by atoms with van der Waals surface area (Å²) in [5.41, 5.74) is 5.48. The topological polar surface area (TPSA) is 60.9 Å². The second-order valence-corrected chi connectivity index (χ2v) is 2.98. The summed E-state index contributed by atoms with van der Waals surface area (Å²) in [4.78, 5) is 14.5. The van der Waals surface area contributed by atoms with E-state index in [9.17, 15) is 9.18 Å². The molecule has 0 aliphatic rings. The maximum Gasteiger partial charge on any atom is 0.268 e. The molecule has 5 heteroatoms. The monoisotopic (exact) mass is 205 g/mol. The van der Waals surface area contributed by atoms with Gasteiger partial charge in [-0.1, -0.05) is 12.1 Å². The molecule has 0 atom stereocenters. The third-order valence-electron chi connectivity index (χ3n) is 1.97. The molecule has 0 aliphatic heterocycles. The van der Waals surface area contributed by atoms with Crippen molar-refractivity contribution in [2.75, 3.05) is 0 Å². The highest BCUT2D eigenvalue weighted by atomic mass is 19.1. The fraction of sp³-hybridized carbons (Fsp3) is 0. The zero-order valence-corrected chi connectivity index (χ0v) is 7.72. The van der Waals surface area contributed by atoms with Crippen LogP contribution >= 0.6 is 0 Å². The second-order valence-electron chi connectivity index (χ2n) is 2.98. The van der Waals surface area contributed by atoms with E-state index in [4.69, 9.17) is 5.73 Å². The summed E-state index contributed by atoms with van der Waals surface area (Å²) in [6.07, 6.45) is 2.74. The van der Waals surface area contributed by atoms with Gasteiger partial charge in [0, 0.05) is 6.20 Å². The molecule has 1 aromatic carbocycles. The standard InChI is InChI=1S/C10H8FN3O/c11-7-3-1-2-4-9(7)14-5-8(10(12)15)13-6-14/h1-6H,(H2,12,15). The van der Waals surface area contributed by atoms with E-state index in [0.29, 0.717) is 5.69 Å². The van der Waals surface area contributed by atoms with Crippen LogP contribution in [0.25, 0.3) is 5.69 Å². The van der Waals surface area contributed by atoms with Gasteiger partial charge in [-0.15, -0.1) is 0 Å². The number of primary amides is 1. The van der Waals surface area contributed by atoms with Crippen molar-refractivity contribution in [2.24, 2.45) is 5.73 Å². The largest absolute Gasteiger partial charge is 0.364 e. The molecule has 0 fully saturated rings. The molecular weight excluding hydrogens is 197 g/mol. The molecule has 2 rings (SSSR count). The fourth-order valence-corrected chi connectivity index (χ4v) is 1.24. The number of rotatable bonds is 2. The van der Waals surface area contributed by atoms with Crippen LogP contribution in [0.1, 0.15) is 10.5 Å². The first kappa shape index (κ1) is 9.39. The van der Waals surface area contributed by atoms with Gasteiger partial charge in [-0.05, 0) is 12.1 Å². The SMILES string of the molecule is NC(=O)c1cn(-c2ccccc2F)cn1. The molecule has 0 aliphatic carbocycles. The van der Waals surface area contributed by atoms with Crippen molar-refractivity contribution in [3.05, 3.63) is 48.3 Å². The number of hydrogen-bond acceptors (Lipinski definition) is 2. The first-order valence-corrected chi connectivity index (χ1v) is 4.27.